The third-order valence-electron chi connectivity index (χ3n) is 2.49. The molecule has 1 heteroatoms. The van der Waals surface area contributed by atoms with E-state index in [1.165, 1.54) is 0 Å². The average molecular weight is 180 g/mol. The molecule has 0 saturated carbocycles. The minimum atomic E-state index is -0.0829. The zero-order valence-electron chi connectivity index (χ0n) is 8.60. The van der Waals surface area contributed by atoms with E-state index in [0.29, 0.717) is 5.92 Å². The maximum atomic E-state index is 13.2. The second-order valence-electron chi connectivity index (χ2n) is 3.70. The van der Waals surface area contributed by atoms with Crippen LogP contribution in [0.4, 0.5) is 4.39 Å². The van der Waals surface area contributed by atoms with Crippen LogP contribution in [-0.4, -0.2) is 0 Å². The molecule has 0 amide bonds. The minimum absolute atomic E-state index is 0.0829. The van der Waals surface area contributed by atoms with Gasteiger partial charge in [0.2, 0.25) is 0 Å². The van der Waals surface area contributed by atoms with E-state index in [9.17, 15) is 4.39 Å². The van der Waals surface area contributed by atoms with Gasteiger partial charge in [-0.1, -0.05) is 32.4 Å². The predicted molar refractivity (Wildman–Crippen MR) is 54.5 cm³/mol. The highest BCUT2D eigenvalue weighted by Crippen LogP contribution is 2.22. The lowest BCUT2D eigenvalue weighted by molar-refractivity contribution is 0.605. The van der Waals surface area contributed by atoms with Gasteiger partial charge in [0.1, 0.15) is 5.82 Å². The minimum Gasteiger partial charge on any atom is -0.207 e. The highest BCUT2D eigenvalue weighted by atomic mass is 19.1. The fourth-order valence-electron chi connectivity index (χ4n) is 1.52. The van der Waals surface area contributed by atoms with Crippen LogP contribution in [0.1, 0.15) is 43.7 Å². The van der Waals surface area contributed by atoms with E-state index in [1.54, 1.807) is 13.0 Å². The Bertz CT molecular complexity index is 278. The van der Waals surface area contributed by atoms with Gasteiger partial charge in [-0.25, -0.2) is 4.39 Å². The fraction of sp³-hybridized carbons (Fsp3) is 0.500. The predicted octanol–water partition coefficient (Wildman–Crippen LogP) is 4.04. The average Bonchev–Trinajstić information content (AvgIpc) is 2.10. The number of hydrogen-bond acceptors (Lipinski definition) is 0. The molecule has 0 fully saturated rings. The maximum absolute atomic E-state index is 13.2. The quantitative estimate of drug-likeness (QED) is 0.658. The molecule has 0 aliphatic heterocycles. The molecule has 0 aliphatic rings. The van der Waals surface area contributed by atoms with Gasteiger partial charge in [-0.2, -0.15) is 0 Å². The van der Waals surface area contributed by atoms with Crippen LogP contribution in [-0.2, 0) is 0 Å². The second kappa shape index (κ2) is 4.40. The zero-order chi connectivity index (χ0) is 9.84. The van der Waals surface area contributed by atoms with Crippen molar-refractivity contribution in [3.63, 3.8) is 0 Å². The first kappa shape index (κ1) is 10.2. The van der Waals surface area contributed by atoms with Crippen LogP contribution in [0.5, 0.6) is 0 Å². The topological polar surface area (TPSA) is 0 Å². The highest BCUT2D eigenvalue weighted by molar-refractivity contribution is 5.25. The Morgan fingerprint density at radius 3 is 2.62 bits per heavy atom. The van der Waals surface area contributed by atoms with Crippen molar-refractivity contribution in [2.75, 3.05) is 0 Å². The van der Waals surface area contributed by atoms with E-state index >= 15 is 0 Å². The Morgan fingerprint density at radius 2 is 2.08 bits per heavy atom. The lowest BCUT2D eigenvalue weighted by Gasteiger charge is -2.10. The number of rotatable bonds is 3. The molecular formula is C12H17F. The van der Waals surface area contributed by atoms with Crippen LogP contribution in [0.2, 0.25) is 0 Å². The fourth-order valence-corrected chi connectivity index (χ4v) is 1.52. The van der Waals surface area contributed by atoms with Crippen molar-refractivity contribution >= 4 is 0 Å². The van der Waals surface area contributed by atoms with Gasteiger partial charge < -0.3 is 0 Å². The normalized spacial score (nSPS) is 12.9. The monoisotopic (exact) mass is 180 g/mol. The summed E-state index contributed by atoms with van der Waals surface area (Å²) in [5, 5.41) is 0. The number of benzene rings is 1. The van der Waals surface area contributed by atoms with Crippen molar-refractivity contribution in [1.29, 1.82) is 0 Å². The van der Waals surface area contributed by atoms with Gasteiger partial charge in [0.25, 0.3) is 0 Å². The van der Waals surface area contributed by atoms with E-state index in [4.69, 9.17) is 0 Å². The first-order chi connectivity index (χ1) is 6.15. The Morgan fingerprint density at radius 1 is 1.38 bits per heavy atom. The Balaban J connectivity index is 2.84. The molecule has 0 aromatic heterocycles. The molecule has 1 rings (SSSR count). The summed E-state index contributed by atoms with van der Waals surface area (Å²) in [6, 6.07) is 5.55. The third kappa shape index (κ3) is 2.55. The van der Waals surface area contributed by atoms with Gasteiger partial charge in [-0.05, 0) is 36.5 Å². The van der Waals surface area contributed by atoms with E-state index in [1.807, 2.05) is 12.1 Å². The molecule has 1 unspecified atom stereocenters. The summed E-state index contributed by atoms with van der Waals surface area (Å²) < 4.78 is 13.2. The van der Waals surface area contributed by atoms with Crippen molar-refractivity contribution < 1.29 is 4.39 Å². The third-order valence-corrected chi connectivity index (χ3v) is 2.49. The van der Waals surface area contributed by atoms with E-state index in [-0.39, 0.29) is 5.82 Å². The van der Waals surface area contributed by atoms with Crippen LogP contribution in [0.3, 0.4) is 0 Å². The van der Waals surface area contributed by atoms with Gasteiger partial charge >= 0.3 is 0 Å². The molecule has 0 N–H and O–H groups in total. The summed E-state index contributed by atoms with van der Waals surface area (Å²) >= 11 is 0. The molecule has 0 saturated heterocycles. The zero-order valence-corrected chi connectivity index (χ0v) is 8.60. The van der Waals surface area contributed by atoms with Crippen LogP contribution in [0, 0.1) is 12.7 Å². The molecule has 0 heterocycles. The molecule has 0 bridgehead atoms. The Hall–Kier alpha value is -0.850. The summed E-state index contributed by atoms with van der Waals surface area (Å²) in [4.78, 5) is 0. The maximum Gasteiger partial charge on any atom is 0.126 e. The van der Waals surface area contributed by atoms with Crippen molar-refractivity contribution in [2.45, 2.75) is 39.5 Å². The summed E-state index contributed by atoms with van der Waals surface area (Å²) in [6.45, 7) is 6.10. The molecular weight excluding hydrogens is 163 g/mol. The van der Waals surface area contributed by atoms with Crippen molar-refractivity contribution in [2.24, 2.45) is 0 Å². The van der Waals surface area contributed by atoms with Gasteiger partial charge in [-0.15, -0.1) is 0 Å². The molecule has 72 valence electrons. The van der Waals surface area contributed by atoms with Crippen molar-refractivity contribution in [1.82, 2.24) is 0 Å². The van der Waals surface area contributed by atoms with Crippen LogP contribution in [0.25, 0.3) is 0 Å². The van der Waals surface area contributed by atoms with Gasteiger partial charge in [0, 0.05) is 0 Å². The molecule has 0 spiro atoms. The summed E-state index contributed by atoms with van der Waals surface area (Å²) in [5.41, 5.74) is 1.84. The lowest BCUT2D eigenvalue weighted by atomic mass is 9.96. The first-order valence-electron chi connectivity index (χ1n) is 4.91. The molecule has 13 heavy (non-hydrogen) atoms. The van der Waals surface area contributed by atoms with Crippen LogP contribution >= 0.6 is 0 Å². The SMILES string of the molecule is CCCC(C)c1ccc(C)c(F)c1. The number of hydrogen-bond donors (Lipinski definition) is 0. The molecule has 0 radical (unpaired) electrons. The Kier molecular flexibility index (Phi) is 3.47. The van der Waals surface area contributed by atoms with E-state index < -0.39 is 0 Å². The smallest absolute Gasteiger partial charge is 0.126 e. The standard InChI is InChI=1S/C12H17F/c1-4-5-9(2)11-7-6-10(3)12(13)8-11/h6-9H,4-5H2,1-3H3. The van der Waals surface area contributed by atoms with Gasteiger partial charge in [0.05, 0.1) is 0 Å². The van der Waals surface area contributed by atoms with Crippen molar-refractivity contribution in [3.05, 3.63) is 35.1 Å². The first-order valence-corrected chi connectivity index (χ1v) is 4.91. The molecule has 1 atom stereocenters. The highest BCUT2D eigenvalue weighted by Gasteiger charge is 2.06. The molecule has 1 aromatic carbocycles. The molecule has 0 nitrogen and oxygen atoms in total. The van der Waals surface area contributed by atoms with Crippen LogP contribution < -0.4 is 0 Å². The van der Waals surface area contributed by atoms with E-state index in [2.05, 4.69) is 13.8 Å². The van der Waals surface area contributed by atoms with Crippen LogP contribution in [0.15, 0.2) is 18.2 Å². The lowest BCUT2D eigenvalue weighted by Crippen LogP contribution is -1.94. The number of halogens is 1. The molecule has 0 aliphatic carbocycles. The number of aryl methyl sites for hydroxylation is 1. The van der Waals surface area contributed by atoms with Gasteiger partial charge in [-0.3, -0.25) is 0 Å². The molecule has 1 aromatic rings. The largest absolute Gasteiger partial charge is 0.207 e. The van der Waals surface area contributed by atoms with Crippen molar-refractivity contribution in [3.8, 4) is 0 Å². The summed E-state index contributed by atoms with van der Waals surface area (Å²) in [7, 11) is 0. The van der Waals surface area contributed by atoms with E-state index in [0.717, 1.165) is 24.0 Å². The summed E-state index contributed by atoms with van der Waals surface area (Å²) in [5.74, 6) is 0.389. The summed E-state index contributed by atoms with van der Waals surface area (Å²) in [6.07, 6.45) is 2.28. The van der Waals surface area contributed by atoms with Gasteiger partial charge in [0.15, 0.2) is 0 Å². The Labute approximate surface area is 79.8 Å². The second-order valence-corrected chi connectivity index (χ2v) is 3.70.